The SMILES string of the molecule is CC.CC.c1ccc2c(c1)Sc1ccccc1S2. The zero-order valence-electron chi connectivity index (χ0n) is 11.4. The number of fused-ring (bicyclic) bond motifs is 2. The fourth-order valence-electron chi connectivity index (χ4n) is 1.47. The van der Waals surface area contributed by atoms with Gasteiger partial charge < -0.3 is 0 Å². The summed E-state index contributed by atoms with van der Waals surface area (Å²) in [6, 6.07) is 17.1. The van der Waals surface area contributed by atoms with E-state index < -0.39 is 0 Å². The van der Waals surface area contributed by atoms with Gasteiger partial charge >= 0.3 is 0 Å². The van der Waals surface area contributed by atoms with Crippen LogP contribution in [0.4, 0.5) is 0 Å². The molecular weight excluding hydrogens is 256 g/mol. The Labute approximate surface area is 119 Å². The summed E-state index contributed by atoms with van der Waals surface area (Å²) in [7, 11) is 0. The molecular formula is C16H20S2. The number of benzene rings is 2. The van der Waals surface area contributed by atoms with E-state index >= 15 is 0 Å². The van der Waals surface area contributed by atoms with Crippen molar-refractivity contribution in [1.29, 1.82) is 0 Å². The molecule has 1 heterocycles. The number of hydrogen-bond acceptors (Lipinski definition) is 2. The molecule has 0 spiro atoms. The summed E-state index contributed by atoms with van der Waals surface area (Å²) in [5.41, 5.74) is 0. The molecule has 1 aliphatic heterocycles. The minimum atomic E-state index is 1.37. The average Bonchev–Trinajstić information content (AvgIpc) is 2.49. The molecule has 0 bridgehead atoms. The standard InChI is InChI=1S/C12H8S2.2C2H6/c1-2-6-10-9(5-1)13-11-7-3-4-8-12(11)14-10;2*1-2/h1-8H;2*1-2H3. The van der Waals surface area contributed by atoms with E-state index in [-0.39, 0.29) is 0 Å². The molecule has 1 aliphatic rings. The Morgan fingerprint density at radius 1 is 0.500 bits per heavy atom. The van der Waals surface area contributed by atoms with Crippen molar-refractivity contribution in [1.82, 2.24) is 0 Å². The second-order valence-electron chi connectivity index (χ2n) is 3.10. The van der Waals surface area contributed by atoms with Gasteiger partial charge in [-0.25, -0.2) is 0 Å². The Morgan fingerprint density at radius 3 is 0.944 bits per heavy atom. The maximum Gasteiger partial charge on any atom is 0.0262 e. The smallest absolute Gasteiger partial charge is 0.0262 e. The van der Waals surface area contributed by atoms with Gasteiger partial charge in [-0.05, 0) is 24.3 Å². The van der Waals surface area contributed by atoms with Crippen LogP contribution in [0.2, 0.25) is 0 Å². The van der Waals surface area contributed by atoms with Crippen molar-refractivity contribution in [3.8, 4) is 0 Å². The summed E-state index contributed by atoms with van der Waals surface area (Å²) in [6.45, 7) is 8.00. The highest BCUT2D eigenvalue weighted by Crippen LogP contribution is 2.47. The van der Waals surface area contributed by atoms with Crippen molar-refractivity contribution in [2.45, 2.75) is 47.3 Å². The van der Waals surface area contributed by atoms with E-state index in [4.69, 9.17) is 0 Å². The van der Waals surface area contributed by atoms with E-state index in [1.54, 1.807) is 0 Å². The molecule has 0 saturated heterocycles. The van der Waals surface area contributed by atoms with Gasteiger partial charge in [0.05, 0.1) is 0 Å². The maximum atomic E-state index is 2.18. The van der Waals surface area contributed by atoms with Crippen LogP contribution in [0.3, 0.4) is 0 Å². The quantitative estimate of drug-likeness (QED) is 0.469. The van der Waals surface area contributed by atoms with Gasteiger partial charge in [0, 0.05) is 19.6 Å². The summed E-state index contributed by atoms with van der Waals surface area (Å²) < 4.78 is 0. The molecule has 0 aromatic heterocycles. The van der Waals surface area contributed by atoms with E-state index in [9.17, 15) is 0 Å². The monoisotopic (exact) mass is 276 g/mol. The number of rotatable bonds is 0. The Hall–Kier alpha value is -0.860. The van der Waals surface area contributed by atoms with E-state index in [0.29, 0.717) is 0 Å². The molecule has 0 N–H and O–H groups in total. The second-order valence-corrected chi connectivity index (χ2v) is 5.27. The minimum absolute atomic E-state index is 1.37. The van der Waals surface area contributed by atoms with Crippen molar-refractivity contribution < 1.29 is 0 Å². The third-order valence-corrected chi connectivity index (χ3v) is 4.70. The van der Waals surface area contributed by atoms with Gasteiger partial charge in [0.2, 0.25) is 0 Å². The van der Waals surface area contributed by atoms with E-state index in [1.165, 1.54) is 19.6 Å². The summed E-state index contributed by atoms with van der Waals surface area (Å²) in [5, 5.41) is 0. The Bertz CT molecular complexity index is 391. The van der Waals surface area contributed by atoms with Crippen LogP contribution < -0.4 is 0 Å². The topological polar surface area (TPSA) is 0 Å². The Balaban J connectivity index is 0.000000371. The zero-order chi connectivity index (χ0) is 13.4. The van der Waals surface area contributed by atoms with Crippen LogP contribution in [0.5, 0.6) is 0 Å². The highest BCUT2D eigenvalue weighted by molar-refractivity contribution is 8.05. The Kier molecular flexibility index (Phi) is 6.99. The van der Waals surface area contributed by atoms with Gasteiger partial charge in [0.1, 0.15) is 0 Å². The summed E-state index contributed by atoms with van der Waals surface area (Å²) in [5.74, 6) is 0. The molecule has 0 amide bonds. The van der Waals surface area contributed by atoms with E-state index in [0.717, 1.165) is 0 Å². The first kappa shape index (κ1) is 15.2. The van der Waals surface area contributed by atoms with Crippen molar-refractivity contribution in [3.05, 3.63) is 48.5 Å². The molecule has 0 aliphatic carbocycles. The van der Waals surface area contributed by atoms with E-state index in [2.05, 4.69) is 48.5 Å². The van der Waals surface area contributed by atoms with Crippen LogP contribution in [0.15, 0.2) is 68.1 Å². The van der Waals surface area contributed by atoms with Crippen LogP contribution in [0, 0.1) is 0 Å². The first-order valence-electron chi connectivity index (χ1n) is 6.47. The van der Waals surface area contributed by atoms with Gasteiger partial charge in [-0.2, -0.15) is 0 Å². The van der Waals surface area contributed by atoms with Crippen LogP contribution in [0.1, 0.15) is 27.7 Å². The van der Waals surface area contributed by atoms with Gasteiger partial charge in [0.15, 0.2) is 0 Å². The van der Waals surface area contributed by atoms with Crippen molar-refractivity contribution in [3.63, 3.8) is 0 Å². The van der Waals surface area contributed by atoms with Crippen molar-refractivity contribution in [2.24, 2.45) is 0 Å². The van der Waals surface area contributed by atoms with Gasteiger partial charge in [0.25, 0.3) is 0 Å². The number of hydrogen-bond donors (Lipinski definition) is 0. The predicted molar refractivity (Wildman–Crippen MR) is 83.8 cm³/mol. The normalized spacial score (nSPS) is 10.9. The molecule has 0 unspecified atom stereocenters. The molecule has 0 fully saturated rings. The third kappa shape index (κ3) is 3.56. The fraction of sp³-hybridized carbons (Fsp3) is 0.250. The molecule has 3 rings (SSSR count). The molecule has 0 atom stereocenters. The van der Waals surface area contributed by atoms with Gasteiger partial charge in [-0.3, -0.25) is 0 Å². The third-order valence-electron chi connectivity index (χ3n) is 2.14. The van der Waals surface area contributed by atoms with Crippen LogP contribution in [-0.4, -0.2) is 0 Å². The zero-order valence-corrected chi connectivity index (χ0v) is 13.1. The maximum absolute atomic E-state index is 2.18. The van der Waals surface area contributed by atoms with Crippen LogP contribution >= 0.6 is 23.5 Å². The van der Waals surface area contributed by atoms with Crippen molar-refractivity contribution in [2.75, 3.05) is 0 Å². The molecule has 0 saturated carbocycles. The largest absolute Gasteiger partial charge is 0.0877 e. The molecule has 0 radical (unpaired) electrons. The second kappa shape index (κ2) is 8.28. The van der Waals surface area contributed by atoms with Crippen LogP contribution in [0.25, 0.3) is 0 Å². The molecule has 2 aromatic rings. The highest BCUT2D eigenvalue weighted by Gasteiger charge is 2.14. The molecule has 18 heavy (non-hydrogen) atoms. The molecule has 0 nitrogen and oxygen atoms in total. The predicted octanol–water partition coefficient (Wildman–Crippen LogP) is 6.35. The lowest BCUT2D eigenvalue weighted by atomic mass is 10.3. The van der Waals surface area contributed by atoms with Crippen LogP contribution in [-0.2, 0) is 0 Å². The first-order chi connectivity index (χ1) is 8.93. The summed E-state index contributed by atoms with van der Waals surface area (Å²) in [4.78, 5) is 5.49. The highest BCUT2D eigenvalue weighted by atomic mass is 32.2. The summed E-state index contributed by atoms with van der Waals surface area (Å²) in [6.07, 6.45) is 0. The van der Waals surface area contributed by atoms with E-state index in [1.807, 2.05) is 51.2 Å². The van der Waals surface area contributed by atoms with Gasteiger partial charge in [-0.1, -0.05) is 75.5 Å². The van der Waals surface area contributed by atoms with Gasteiger partial charge in [-0.15, -0.1) is 0 Å². The molecule has 2 heteroatoms. The first-order valence-corrected chi connectivity index (χ1v) is 8.10. The molecule has 96 valence electrons. The fourth-order valence-corrected chi connectivity index (χ4v) is 3.71. The van der Waals surface area contributed by atoms with Crippen molar-refractivity contribution >= 4 is 23.5 Å². The lowest BCUT2D eigenvalue weighted by molar-refractivity contribution is 1.16. The lowest BCUT2D eigenvalue weighted by Crippen LogP contribution is -1.87. The average molecular weight is 276 g/mol. The Morgan fingerprint density at radius 2 is 0.722 bits per heavy atom. The summed E-state index contributed by atoms with van der Waals surface area (Å²) >= 11 is 3.72. The molecule has 2 aromatic carbocycles. The minimum Gasteiger partial charge on any atom is -0.0877 e. The lowest BCUT2D eigenvalue weighted by Gasteiger charge is -2.17.